The number of allylic oxidation sites excluding steroid dienone is 3. The molecule has 0 spiro atoms. The number of methoxy groups -OCH3 is 1. The van der Waals surface area contributed by atoms with Crippen LogP contribution in [0.15, 0.2) is 24.0 Å². The molecule has 29 heavy (non-hydrogen) atoms. The van der Waals surface area contributed by atoms with Crippen LogP contribution in [-0.2, 0) is 11.2 Å². The molecule has 5 heteroatoms. The fourth-order valence-corrected chi connectivity index (χ4v) is 4.38. The first kappa shape index (κ1) is 23.9. The van der Waals surface area contributed by atoms with E-state index in [2.05, 4.69) is 33.8 Å². The van der Waals surface area contributed by atoms with Crippen LogP contribution in [0.3, 0.4) is 0 Å². The molecule has 2 rings (SSSR count). The summed E-state index contributed by atoms with van der Waals surface area (Å²) in [5, 5.41) is 7.47. The van der Waals surface area contributed by atoms with E-state index in [0.29, 0.717) is 0 Å². The minimum atomic E-state index is 0.247. The molecule has 1 unspecified atom stereocenters. The Labute approximate surface area is 182 Å². The van der Waals surface area contributed by atoms with Crippen LogP contribution in [0.4, 0.5) is 0 Å². The van der Waals surface area contributed by atoms with Crippen LogP contribution in [0, 0.1) is 4.77 Å². The first-order valence-corrected chi connectivity index (χ1v) is 12.2. The first-order chi connectivity index (χ1) is 14.3. The van der Waals surface area contributed by atoms with Gasteiger partial charge in [0, 0.05) is 6.42 Å². The molecule has 164 valence electrons. The molecular formula is C24H41N3OS. The molecule has 1 aliphatic carbocycles. The molecule has 0 radical (unpaired) electrons. The average Bonchev–Trinajstić information content (AvgIpc) is 3.11. The lowest BCUT2D eigenvalue weighted by Gasteiger charge is -2.18. The van der Waals surface area contributed by atoms with Gasteiger partial charge in [-0.15, -0.1) is 0 Å². The van der Waals surface area contributed by atoms with Crippen molar-refractivity contribution in [1.29, 1.82) is 0 Å². The van der Waals surface area contributed by atoms with Gasteiger partial charge in [0.2, 0.25) is 0 Å². The van der Waals surface area contributed by atoms with Gasteiger partial charge in [-0.1, -0.05) is 90.0 Å². The lowest BCUT2D eigenvalue weighted by molar-refractivity contribution is 0.301. The van der Waals surface area contributed by atoms with E-state index < -0.39 is 0 Å². The predicted molar refractivity (Wildman–Crippen MR) is 125 cm³/mol. The number of aromatic amines is 1. The van der Waals surface area contributed by atoms with Crippen LogP contribution in [-0.4, -0.2) is 21.9 Å². The van der Waals surface area contributed by atoms with Crippen LogP contribution < -0.4 is 0 Å². The number of rotatable bonds is 16. The zero-order valence-corrected chi connectivity index (χ0v) is 19.4. The summed E-state index contributed by atoms with van der Waals surface area (Å²) in [6.45, 7) is 2.28. The van der Waals surface area contributed by atoms with Crippen molar-refractivity contribution in [3.05, 3.63) is 34.6 Å². The molecule has 1 aromatic rings. The van der Waals surface area contributed by atoms with Gasteiger partial charge in [-0.25, -0.2) is 0 Å². The monoisotopic (exact) mass is 419 g/mol. The Bertz CT molecular complexity index is 674. The van der Waals surface area contributed by atoms with E-state index in [1.165, 1.54) is 83.5 Å². The van der Waals surface area contributed by atoms with Crippen LogP contribution in [0.2, 0.25) is 0 Å². The van der Waals surface area contributed by atoms with Crippen molar-refractivity contribution < 1.29 is 4.74 Å². The highest BCUT2D eigenvalue weighted by atomic mass is 32.1. The second kappa shape index (κ2) is 14.6. The summed E-state index contributed by atoms with van der Waals surface area (Å²) in [7, 11) is 1.71. The SMILES string of the molecule is CCCCCCCCCCCCCCCc1n[nH]c(=S)n1C1C=CC(OC)=CC1. The third kappa shape index (κ3) is 8.90. The lowest BCUT2D eigenvalue weighted by atomic mass is 10.0. The van der Waals surface area contributed by atoms with E-state index in [4.69, 9.17) is 17.0 Å². The van der Waals surface area contributed by atoms with Crippen molar-refractivity contribution in [2.45, 2.75) is 109 Å². The summed E-state index contributed by atoms with van der Waals surface area (Å²) in [6, 6.07) is 0.247. The minimum absolute atomic E-state index is 0.247. The summed E-state index contributed by atoms with van der Waals surface area (Å²) in [5.41, 5.74) is 0. The van der Waals surface area contributed by atoms with Crippen molar-refractivity contribution in [2.75, 3.05) is 7.11 Å². The number of hydrogen-bond donors (Lipinski definition) is 1. The highest BCUT2D eigenvalue weighted by molar-refractivity contribution is 7.71. The first-order valence-electron chi connectivity index (χ1n) is 11.8. The number of aromatic nitrogens is 3. The zero-order valence-electron chi connectivity index (χ0n) is 18.6. The normalized spacial score (nSPS) is 16.2. The van der Waals surface area contributed by atoms with Crippen molar-refractivity contribution >= 4 is 12.2 Å². The average molecular weight is 420 g/mol. The topological polar surface area (TPSA) is 42.8 Å². The van der Waals surface area contributed by atoms with Crippen molar-refractivity contribution in [3.63, 3.8) is 0 Å². The van der Waals surface area contributed by atoms with Crippen molar-refractivity contribution in [1.82, 2.24) is 14.8 Å². The van der Waals surface area contributed by atoms with E-state index in [1.807, 2.05) is 6.08 Å². The molecular weight excluding hydrogens is 378 g/mol. The second-order valence-corrected chi connectivity index (χ2v) is 8.67. The Morgan fingerprint density at radius 2 is 1.59 bits per heavy atom. The van der Waals surface area contributed by atoms with E-state index >= 15 is 0 Å². The molecule has 1 aliphatic rings. The smallest absolute Gasteiger partial charge is 0.195 e. The summed E-state index contributed by atoms with van der Waals surface area (Å²) < 4.78 is 8.18. The second-order valence-electron chi connectivity index (χ2n) is 8.28. The zero-order chi connectivity index (χ0) is 20.7. The number of unbranched alkanes of at least 4 members (excludes halogenated alkanes) is 12. The standard InChI is InChI=1S/C24H41N3OS/c1-3-4-5-6-7-8-9-10-11-12-13-14-15-16-23-25-26-24(29)27(23)21-17-19-22(28-2)20-18-21/h17,19-21H,3-16,18H2,1-2H3,(H,26,29). The third-order valence-electron chi connectivity index (χ3n) is 5.89. The third-order valence-corrected chi connectivity index (χ3v) is 6.18. The fraction of sp³-hybridized carbons (Fsp3) is 0.750. The van der Waals surface area contributed by atoms with E-state index in [-0.39, 0.29) is 6.04 Å². The summed E-state index contributed by atoms with van der Waals surface area (Å²) in [5.74, 6) is 2.01. The summed E-state index contributed by atoms with van der Waals surface area (Å²) >= 11 is 5.47. The quantitative estimate of drug-likeness (QED) is 0.221. The number of H-pyrrole nitrogens is 1. The van der Waals surface area contributed by atoms with Gasteiger partial charge < -0.3 is 4.74 Å². The largest absolute Gasteiger partial charge is 0.497 e. The number of hydrogen-bond acceptors (Lipinski definition) is 3. The Morgan fingerprint density at radius 1 is 1.00 bits per heavy atom. The molecule has 0 fully saturated rings. The molecule has 0 saturated heterocycles. The maximum atomic E-state index is 5.47. The molecule has 4 nitrogen and oxygen atoms in total. The highest BCUT2D eigenvalue weighted by Crippen LogP contribution is 2.24. The van der Waals surface area contributed by atoms with Gasteiger partial charge in [-0.2, -0.15) is 5.10 Å². The van der Waals surface area contributed by atoms with E-state index in [9.17, 15) is 0 Å². The van der Waals surface area contributed by atoms with Gasteiger partial charge in [-0.3, -0.25) is 9.67 Å². The minimum Gasteiger partial charge on any atom is -0.497 e. The maximum absolute atomic E-state index is 5.47. The van der Waals surface area contributed by atoms with Crippen LogP contribution in [0.1, 0.15) is 109 Å². The van der Waals surface area contributed by atoms with Crippen LogP contribution >= 0.6 is 12.2 Å². The van der Waals surface area contributed by atoms with Crippen LogP contribution in [0.5, 0.6) is 0 Å². The number of nitrogens with zero attached hydrogens (tertiary/aromatic N) is 2. The Hall–Kier alpha value is -1.36. The van der Waals surface area contributed by atoms with Gasteiger partial charge in [0.1, 0.15) is 11.6 Å². The van der Waals surface area contributed by atoms with Gasteiger partial charge in [-0.05, 0) is 37.2 Å². The number of ether oxygens (including phenoxy) is 1. The van der Waals surface area contributed by atoms with Crippen molar-refractivity contribution in [3.8, 4) is 0 Å². The number of nitrogens with one attached hydrogen (secondary N) is 1. The van der Waals surface area contributed by atoms with Gasteiger partial charge in [0.15, 0.2) is 4.77 Å². The lowest BCUT2D eigenvalue weighted by Crippen LogP contribution is -2.12. The van der Waals surface area contributed by atoms with Gasteiger partial charge in [0.05, 0.1) is 13.2 Å². The molecule has 1 N–H and O–H groups in total. The summed E-state index contributed by atoms with van der Waals surface area (Å²) in [4.78, 5) is 0. The molecule has 0 aromatic carbocycles. The molecule has 0 aliphatic heterocycles. The van der Waals surface area contributed by atoms with Crippen molar-refractivity contribution in [2.24, 2.45) is 0 Å². The Balaban J connectivity index is 1.55. The van der Waals surface area contributed by atoms with E-state index in [1.54, 1.807) is 7.11 Å². The molecule has 1 atom stereocenters. The predicted octanol–water partition coefficient (Wildman–Crippen LogP) is 7.61. The molecule has 0 amide bonds. The van der Waals surface area contributed by atoms with Crippen LogP contribution in [0.25, 0.3) is 0 Å². The highest BCUT2D eigenvalue weighted by Gasteiger charge is 2.16. The summed E-state index contributed by atoms with van der Waals surface area (Å²) in [6.07, 6.45) is 26.1. The van der Waals surface area contributed by atoms with E-state index in [0.717, 1.165) is 29.2 Å². The van der Waals surface area contributed by atoms with Gasteiger partial charge >= 0.3 is 0 Å². The Kier molecular flexibility index (Phi) is 12.0. The maximum Gasteiger partial charge on any atom is 0.195 e. The number of aryl methyl sites for hydroxylation is 1. The molecule has 0 saturated carbocycles. The fourth-order valence-electron chi connectivity index (χ4n) is 4.09. The van der Waals surface area contributed by atoms with Gasteiger partial charge in [0.25, 0.3) is 0 Å². The Morgan fingerprint density at radius 3 is 2.10 bits per heavy atom. The molecule has 0 bridgehead atoms. The molecule has 1 aromatic heterocycles. The molecule has 1 heterocycles.